The van der Waals surface area contributed by atoms with E-state index >= 15 is 0 Å². The first-order chi connectivity index (χ1) is 5.88. The Morgan fingerprint density at radius 2 is 2.23 bits per heavy atom. The summed E-state index contributed by atoms with van der Waals surface area (Å²) in [6.07, 6.45) is 1.58. The minimum atomic E-state index is -0.425. The normalized spacial score (nSPS) is 11.5. The molecule has 3 nitrogen and oxygen atoms in total. The Morgan fingerprint density at radius 3 is 2.62 bits per heavy atom. The Kier molecular flexibility index (Phi) is 3.20. The molecule has 0 aliphatic carbocycles. The Bertz CT molecular complexity index is 316. The molecule has 0 aromatic carbocycles. The number of esters is 1. The van der Waals surface area contributed by atoms with Crippen molar-refractivity contribution in [3.05, 3.63) is 11.1 Å². The molecule has 1 aromatic rings. The molecule has 0 amide bonds. The molecule has 0 atom stereocenters. The Balaban J connectivity index is 2.70. The molecule has 1 aromatic heterocycles. The molecule has 1 heterocycles. The van der Waals surface area contributed by atoms with Crippen molar-refractivity contribution >= 4 is 20.9 Å². The second-order valence-corrected chi connectivity index (χ2v) is 7.22. The average Bonchev–Trinajstić information content (AvgIpc) is 2.31. The molecule has 0 aliphatic heterocycles. The maximum absolute atomic E-state index is 11.4. The van der Waals surface area contributed by atoms with Crippen LogP contribution < -0.4 is 3.60 Å². The van der Waals surface area contributed by atoms with E-state index in [-0.39, 0.29) is 5.97 Å². The second kappa shape index (κ2) is 3.85. The van der Waals surface area contributed by atoms with Crippen molar-refractivity contribution in [3.63, 3.8) is 0 Å². The number of nitrogens with zero attached hydrogens (tertiary/aromatic N) is 1. The number of carbonyl (C=O) groups excluding carboxylic acids is 1. The van der Waals surface area contributed by atoms with Gasteiger partial charge in [0, 0.05) is 0 Å². The Morgan fingerprint density at radius 1 is 1.62 bits per heavy atom. The number of hydrogen-bond acceptors (Lipinski definition) is 4. The van der Waals surface area contributed by atoms with E-state index in [0.717, 1.165) is 21.9 Å². The van der Waals surface area contributed by atoms with Crippen LogP contribution in [0.4, 0.5) is 0 Å². The van der Waals surface area contributed by atoms with Crippen LogP contribution in [0.5, 0.6) is 0 Å². The van der Waals surface area contributed by atoms with Gasteiger partial charge in [0.25, 0.3) is 0 Å². The third kappa shape index (κ3) is 3.53. The molecule has 67 valence electrons. The molecule has 1 rings (SSSR count). The monoisotopic (exact) mass is 248 g/mol. The van der Waals surface area contributed by atoms with Crippen molar-refractivity contribution in [2.45, 2.75) is 26.4 Å². The first kappa shape index (κ1) is 10.8. The van der Waals surface area contributed by atoms with Gasteiger partial charge in [-0.2, -0.15) is 0 Å². The van der Waals surface area contributed by atoms with Gasteiger partial charge in [0.2, 0.25) is 0 Å². The topological polar surface area (TPSA) is 39.2 Å². The van der Waals surface area contributed by atoms with Gasteiger partial charge in [-0.25, -0.2) is 0 Å². The molecular weight excluding hydrogens is 240 g/mol. The fraction of sp³-hybridized carbons (Fsp3) is 0.500. The van der Waals surface area contributed by atoms with Crippen molar-refractivity contribution < 1.29 is 27.8 Å². The molecule has 13 heavy (non-hydrogen) atoms. The van der Waals surface area contributed by atoms with Gasteiger partial charge in [0.05, 0.1) is 0 Å². The summed E-state index contributed by atoms with van der Waals surface area (Å²) in [5.74, 6) is -0.273. The fourth-order valence-electron chi connectivity index (χ4n) is 0.733. The number of hydrogen-bond donors (Lipinski definition) is 0. The molecule has 0 aliphatic rings. The number of thiazole rings is 1. The zero-order chi connectivity index (χ0) is 10.1. The van der Waals surface area contributed by atoms with Gasteiger partial charge in [-0.15, -0.1) is 0 Å². The van der Waals surface area contributed by atoms with E-state index < -0.39 is 5.60 Å². The molecule has 0 radical (unpaired) electrons. The summed E-state index contributed by atoms with van der Waals surface area (Å²) in [5, 5.41) is 0. The molecule has 0 bridgehead atoms. The SMILES string of the molecule is CC(C)(C)OC(=O)c1cn[c]([Zn])s1. The van der Waals surface area contributed by atoms with Crippen LogP contribution in [0.3, 0.4) is 0 Å². The van der Waals surface area contributed by atoms with Crippen LogP contribution in [-0.4, -0.2) is 16.6 Å². The molecule has 0 unspecified atom stereocenters. The molecule has 0 N–H and O–H groups in total. The number of rotatable bonds is 1. The summed E-state index contributed by atoms with van der Waals surface area (Å²) < 4.78 is 6.18. The van der Waals surface area contributed by atoms with Crippen LogP contribution in [0.25, 0.3) is 0 Å². The van der Waals surface area contributed by atoms with Crippen molar-refractivity contribution in [3.8, 4) is 0 Å². The third-order valence-corrected chi connectivity index (χ3v) is 3.28. The predicted molar refractivity (Wildman–Crippen MR) is 46.9 cm³/mol. The van der Waals surface area contributed by atoms with E-state index in [2.05, 4.69) is 4.98 Å². The third-order valence-electron chi connectivity index (χ3n) is 1.15. The van der Waals surface area contributed by atoms with E-state index in [1.54, 1.807) is 6.20 Å². The van der Waals surface area contributed by atoms with E-state index in [0.29, 0.717) is 4.88 Å². The molecule has 0 saturated carbocycles. The average molecular weight is 250 g/mol. The maximum atomic E-state index is 11.4. The summed E-state index contributed by atoms with van der Waals surface area (Å²) in [4.78, 5) is 16.1. The van der Waals surface area contributed by atoms with E-state index in [1.807, 2.05) is 20.8 Å². The molecular formula is C8H10NO2SZn. The molecule has 0 saturated heterocycles. The predicted octanol–water partition coefficient (Wildman–Crippen LogP) is 1.27. The van der Waals surface area contributed by atoms with E-state index in [4.69, 9.17) is 4.74 Å². The quantitative estimate of drug-likeness (QED) is 0.556. The minimum absolute atomic E-state index is 0.273. The summed E-state index contributed by atoms with van der Waals surface area (Å²) in [5.41, 5.74) is -0.425. The number of carbonyl (C=O) groups is 1. The van der Waals surface area contributed by atoms with E-state index in [9.17, 15) is 4.79 Å². The zero-order valence-electron chi connectivity index (χ0n) is 7.96. The van der Waals surface area contributed by atoms with Crippen molar-refractivity contribution in [2.24, 2.45) is 0 Å². The van der Waals surface area contributed by atoms with Crippen molar-refractivity contribution in [1.29, 1.82) is 0 Å². The van der Waals surface area contributed by atoms with Crippen LogP contribution in [0.15, 0.2) is 6.20 Å². The van der Waals surface area contributed by atoms with Crippen molar-refractivity contribution in [2.75, 3.05) is 0 Å². The van der Waals surface area contributed by atoms with Crippen LogP contribution in [-0.2, 0) is 23.0 Å². The van der Waals surface area contributed by atoms with E-state index in [1.165, 1.54) is 11.3 Å². The summed E-state index contributed by atoms with van der Waals surface area (Å²) >= 11 is 2.39. The van der Waals surface area contributed by atoms with Gasteiger partial charge >= 0.3 is 91.2 Å². The van der Waals surface area contributed by atoms with Gasteiger partial charge in [-0.1, -0.05) is 0 Å². The number of aromatic nitrogens is 1. The molecule has 0 spiro atoms. The van der Waals surface area contributed by atoms with Crippen LogP contribution in [0, 0.1) is 0 Å². The summed E-state index contributed by atoms with van der Waals surface area (Å²) in [6, 6.07) is 0. The van der Waals surface area contributed by atoms with Crippen LogP contribution >= 0.6 is 11.3 Å². The summed E-state index contributed by atoms with van der Waals surface area (Å²) in [7, 11) is 0. The number of ether oxygens (including phenoxy) is 1. The zero-order valence-corrected chi connectivity index (χ0v) is 11.7. The van der Waals surface area contributed by atoms with Crippen LogP contribution in [0.1, 0.15) is 30.4 Å². The van der Waals surface area contributed by atoms with Gasteiger partial charge in [0.1, 0.15) is 0 Å². The summed E-state index contributed by atoms with van der Waals surface area (Å²) in [6.45, 7) is 5.56. The van der Waals surface area contributed by atoms with Gasteiger partial charge in [-0.05, 0) is 0 Å². The molecule has 5 heteroatoms. The standard InChI is InChI=1S/C8H10NO2S.Zn/c1-8(2,3)11-7(10)6-4-9-5-12-6;/h4H,1-3H3;. The van der Waals surface area contributed by atoms with Gasteiger partial charge in [-0.3, -0.25) is 0 Å². The Hall–Kier alpha value is -0.277. The molecule has 0 fully saturated rings. The first-order valence-corrected chi connectivity index (χ1v) is 6.19. The van der Waals surface area contributed by atoms with Crippen LogP contribution in [0.2, 0.25) is 0 Å². The first-order valence-electron chi connectivity index (χ1n) is 3.89. The fourth-order valence-corrected chi connectivity index (χ4v) is 2.49. The second-order valence-electron chi connectivity index (χ2n) is 3.62. The Labute approximate surface area is 91.2 Å². The van der Waals surface area contributed by atoms with Gasteiger partial charge in [0.15, 0.2) is 0 Å². The van der Waals surface area contributed by atoms with Crippen molar-refractivity contribution in [1.82, 2.24) is 4.98 Å². The van der Waals surface area contributed by atoms with Gasteiger partial charge < -0.3 is 0 Å².